The number of hydrogen-bond donors (Lipinski definition) is 1. The summed E-state index contributed by atoms with van der Waals surface area (Å²) in [6.45, 7) is 4.21. The highest BCUT2D eigenvalue weighted by Gasteiger charge is 2.18. The molecule has 1 unspecified atom stereocenters. The number of benzene rings is 1. The third kappa shape index (κ3) is 2.89. The van der Waals surface area contributed by atoms with Crippen molar-refractivity contribution in [3.05, 3.63) is 55.2 Å². The van der Waals surface area contributed by atoms with Gasteiger partial charge in [0.15, 0.2) is 0 Å². The Bertz CT molecular complexity index is 543. The molecule has 0 amide bonds. The molecular weight excluding hydrogens is 285 g/mol. The standard InChI is InChI=1S/C14H15Cl2NS/c1-8-4-9(2)6-10(5-8)13(17-3)11-7-12(15)18-14(11)16/h4-7,13,17H,1-3H3. The van der Waals surface area contributed by atoms with Crippen LogP contribution in [0, 0.1) is 13.8 Å². The van der Waals surface area contributed by atoms with Crippen LogP contribution in [0.2, 0.25) is 8.67 Å². The molecule has 0 fully saturated rings. The van der Waals surface area contributed by atoms with E-state index >= 15 is 0 Å². The van der Waals surface area contributed by atoms with Crippen molar-refractivity contribution in [1.82, 2.24) is 5.32 Å². The van der Waals surface area contributed by atoms with Crippen LogP contribution in [0.25, 0.3) is 0 Å². The van der Waals surface area contributed by atoms with Gasteiger partial charge in [-0.1, -0.05) is 52.5 Å². The van der Waals surface area contributed by atoms with Crippen molar-refractivity contribution in [2.45, 2.75) is 19.9 Å². The van der Waals surface area contributed by atoms with Crippen LogP contribution in [-0.4, -0.2) is 7.05 Å². The van der Waals surface area contributed by atoms with Crippen molar-refractivity contribution in [3.63, 3.8) is 0 Å². The fourth-order valence-corrected chi connectivity index (χ4v) is 3.76. The molecule has 0 spiro atoms. The van der Waals surface area contributed by atoms with Crippen LogP contribution >= 0.6 is 34.5 Å². The van der Waals surface area contributed by atoms with E-state index in [1.54, 1.807) is 0 Å². The smallest absolute Gasteiger partial charge is 0.0995 e. The molecule has 96 valence electrons. The Labute approximate surface area is 122 Å². The third-order valence-electron chi connectivity index (χ3n) is 2.86. The van der Waals surface area contributed by atoms with Crippen LogP contribution in [0.15, 0.2) is 24.3 Å². The molecule has 0 radical (unpaired) electrons. The Morgan fingerprint density at radius 2 is 1.67 bits per heavy atom. The molecule has 0 aliphatic rings. The fraction of sp³-hybridized carbons (Fsp3) is 0.286. The van der Waals surface area contributed by atoms with E-state index in [2.05, 4.69) is 37.4 Å². The lowest BCUT2D eigenvalue weighted by atomic mass is 9.97. The Kier molecular flexibility index (Phi) is 4.33. The lowest BCUT2D eigenvalue weighted by molar-refractivity contribution is 0.693. The van der Waals surface area contributed by atoms with Crippen LogP contribution < -0.4 is 5.32 Å². The Morgan fingerprint density at radius 3 is 2.11 bits per heavy atom. The lowest BCUT2D eigenvalue weighted by Gasteiger charge is -2.17. The molecule has 2 rings (SSSR count). The average molecular weight is 300 g/mol. The van der Waals surface area contributed by atoms with Crippen molar-refractivity contribution in [1.29, 1.82) is 0 Å². The van der Waals surface area contributed by atoms with E-state index in [0.717, 1.165) is 14.2 Å². The second-order valence-electron chi connectivity index (χ2n) is 4.42. The van der Waals surface area contributed by atoms with Crippen LogP contribution in [-0.2, 0) is 0 Å². The van der Waals surface area contributed by atoms with Gasteiger partial charge in [0.1, 0.15) is 0 Å². The number of rotatable bonds is 3. The Hall–Kier alpha value is -0.540. The summed E-state index contributed by atoms with van der Waals surface area (Å²) in [6, 6.07) is 8.54. The largest absolute Gasteiger partial charge is 0.309 e. The SMILES string of the molecule is CNC(c1cc(C)cc(C)c1)c1cc(Cl)sc1Cl. The number of thiophene rings is 1. The van der Waals surface area contributed by atoms with Gasteiger partial charge in [-0.2, -0.15) is 0 Å². The Morgan fingerprint density at radius 1 is 1.06 bits per heavy atom. The van der Waals surface area contributed by atoms with Crippen molar-refractivity contribution >= 4 is 34.5 Å². The van der Waals surface area contributed by atoms with Crippen LogP contribution in [0.5, 0.6) is 0 Å². The normalized spacial score (nSPS) is 12.7. The number of hydrogen-bond acceptors (Lipinski definition) is 2. The van der Waals surface area contributed by atoms with Gasteiger partial charge in [0.25, 0.3) is 0 Å². The maximum absolute atomic E-state index is 6.24. The van der Waals surface area contributed by atoms with Gasteiger partial charge in [-0.25, -0.2) is 0 Å². The summed E-state index contributed by atoms with van der Waals surface area (Å²) >= 11 is 13.7. The minimum atomic E-state index is 0.0832. The van der Waals surface area contributed by atoms with Crippen molar-refractivity contribution in [2.75, 3.05) is 7.05 Å². The van der Waals surface area contributed by atoms with Crippen molar-refractivity contribution in [2.24, 2.45) is 0 Å². The van der Waals surface area contributed by atoms with Gasteiger partial charge < -0.3 is 5.32 Å². The molecule has 2 aromatic rings. The van der Waals surface area contributed by atoms with Crippen molar-refractivity contribution in [3.8, 4) is 0 Å². The van der Waals surface area contributed by atoms with Gasteiger partial charge in [0.05, 0.1) is 14.7 Å². The second kappa shape index (κ2) is 5.62. The molecule has 0 aliphatic heterocycles. The molecule has 1 N–H and O–H groups in total. The van der Waals surface area contributed by atoms with Gasteiger partial charge >= 0.3 is 0 Å². The maximum Gasteiger partial charge on any atom is 0.0995 e. The van der Waals surface area contributed by atoms with Gasteiger partial charge in [0.2, 0.25) is 0 Å². The number of halogens is 2. The number of aryl methyl sites for hydroxylation is 2. The summed E-state index contributed by atoms with van der Waals surface area (Å²) in [4.78, 5) is 0. The van der Waals surface area contributed by atoms with Gasteiger partial charge in [-0.15, -0.1) is 11.3 Å². The fourth-order valence-electron chi connectivity index (χ4n) is 2.23. The summed E-state index contributed by atoms with van der Waals surface area (Å²) in [6.07, 6.45) is 0. The maximum atomic E-state index is 6.24. The van der Waals surface area contributed by atoms with Crippen molar-refractivity contribution < 1.29 is 0 Å². The predicted octanol–water partition coefficient (Wildman–Crippen LogP) is 4.98. The van der Waals surface area contributed by atoms with Crippen LogP contribution in [0.4, 0.5) is 0 Å². The van der Waals surface area contributed by atoms with E-state index in [1.165, 1.54) is 28.0 Å². The second-order valence-corrected chi connectivity index (χ2v) is 6.71. The first-order valence-electron chi connectivity index (χ1n) is 5.71. The van der Waals surface area contributed by atoms with Gasteiger partial charge in [0, 0.05) is 5.56 Å². The zero-order chi connectivity index (χ0) is 13.3. The molecule has 1 aromatic carbocycles. The summed E-state index contributed by atoms with van der Waals surface area (Å²) < 4.78 is 1.47. The average Bonchev–Trinajstić information content (AvgIpc) is 2.58. The summed E-state index contributed by atoms with van der Waals surface area (Å²) in [5.74, 6) is 0. The van der Waals surface area contributed by atoms with E-state index in [4.69, 9.17) is 23.2 Å². The molecule has 0 aliphatic carbocycles. The van der Waals surface area contributed by atoms with E-state index < -0.39 is 0 Å². The molecule has 1 aromatic heterocycles. The third-order valence-corrected chi connectivity index (χ3v) is 4.38. The lowest BCUT2D eigenvalue weighted by Crippen LogP contribution is -2.17. The highest BCUT2D eigenvalue weighted by molar-refractivity contribution is 7.20. The van der Waals surface area contributed by atoms with E-state index in [9.17, 15) is 0 Å². The molecule has 4 heteroatoms. The van der Waals surface area contributed by atoms with Crippen LogP contribution in [0.3, 0.4) is 0 Å². The molecule has 0 bridgehead atoms. The quantitative estimate of drug-likeness (QED) is 0.843. The first-order valence-corrected chi connectivity index (χ1v) is 7.28. The van der Waals surface area contributed by atoms with E-state index in [0.29, 0.717) is 0 Å². The molecule has 0 saturated heterocycles. The number of nitrogens with one attached hydrogen (secondary N) is 1. The van der Waals surface area contributed by atoms with E-state index in [1.807, 2.05) is 13.1 Å². The minimum absolute atomic E-state index is 0.0832. The predicted molar refractivity (Wildman–Crippen MR) is 81.2 cm³/mol. The highest BCUT2D eigenvalue weighted by Crippen LogP contribution is 2.37. The molecule has 1 nitrogen and oxygen atoms in total. The van der Waals surface area contributed by atoms with E-state index in [-0.39, 0.29) is 6.04 Å². The molecule has 0 saturated carbocycles. The first-order chi connectivity index (χ1) is 8.51. The molecule has 1 atom stereocenters. The molecule has 1 heterocycles. The zero-order valence-electron chi connectivity index (χ0n) is 10.6. The van der Waals surface area contributed by atoms with Gasteiger partial charge in [-0.05, 0) is 32.5 Å². The Balaban J connectivity index is 2.48. The van der Waals surface area contributed by atoms with Gasteiger partial charge in [-0.3, -0.25) is 0 Å². The zero-order valence-corrected chi connectivity index (χ0v) is 12.9. The summed E-state index contributed by atoms with van der Waals surface area (Å²) in [7, 11) is 1.93. The first kappa shape index (κ1) is 13.9. The summed E-state index contributed by atoms with van der Waals surface area (Å²) in [5, 5.41) is 3.31. The topological polar surface area (TPSA) is 12.0 Å². The summed E-state index contributed by atoms with van der Waals surface area (Å²) in [5.41, 5.74) is 4.76. The molecule has 18 heavy (non-hydrogen) atoms. The minimum Gasteiger partial charge on any atom is -0.309 e. The highest BCUT2D eigenvalue weighted by atomic mass is 35.5. The molecular formula is C14H15Cl2NS. The van der Waals surface area contributed by atoms with Crippen LogP contribution in [0.1, 0.15) is 28.3 Å². The monoisotopic (exact) mass is 299 g/mol.